The fraction of sp³-hybridized carbons (Fsp3) is 0.259. The Bertz CT molecular complexity index is 953. The third-order valence-corrected chi connectivity index (χ3v) is 6.08. The average Bonchev–Trinajstić information content (AvgIpc) is 2.75. The third kappa shape index (κ3) is 3.26. The molecule has 1 atom stereocenters. The van der Waals surface area contributed by atoms with Gasteiger partial charge in [-0.05, 0) is 90.6 Å². The summed E-state index contributed by atoms with van der Waals surface area (Å²) >= 11 is 0. The molecule has 0 amide bonds. The van der Waals surface area contributed by atoms with Crippen molar-refractivity contribution in [3.8, 4) is 0 Å². The van der Waals surface area contributed by atoms with E-state index < -0.39 is 0 Å². The van der Waals surface area contributed by atoms with Gasteiger partial charge in [-0.15, -0.1) is 0 Å². The van der Waals surface area contributed by atoms with Crippen LogP contribution in [0.15, 0.2) is 72.5 Å². The van der Waals surface area contributed by atoms with Crippen molar-refractivity contribution in [3.05, 3.63) is 94.7 Å². The highest BCUT2D eigenvalue weighted by Crippen LogP contribution is 2.36. The second-order valence-corrected chi connectivity index (χ2v) is 8.18. The lowest BCUT2D eigenvalue weighted by molar-refractivity contribution is 0.728. The first-order chi connectivity index (χ1) is 13.8. The molecule has 0 bridgehead atoms. The second-order valence-electron chi connectivity index (χ2n) is 8.18. The molecule has 0 aromatic heterocycles. The molecule has 0 saturated carbocycles. The lowest BCUT2D eigenvalue weighted by Crippen LogP contribution is -2.18. The number of hydrogen-bond donors (Lipinski definition) is 0. The molecule has 0 fully saturated rings. The van der Waals surface area contributed by atoms with Crippen LogP contribution in [0, 0.1) is 5.92 Å². The molecule has 28 heavy (non-hydrogen) atoms. The standard InChI is InChI=1S/C27H27N/c1-20-10-14-25(15-11-20)28(26-16-12-21-6-2-4-8-23(21)18-26)27-17-13-22-7-3-5-9-24(22)19-27/h4-5,8-10,12-20H,2-3,6-7,11H2,1H3. The van der Waals surface area contributed by atoms with E-state index in [4.69, 9.17) is 0 Å². The van der Waals surface area contributed by atoms with Gasteiger partial charge in [-0.1, -0.05) is 55.5 Å². The van der Waals surface area contributed by atoms with Gasteiger partial charge in [0.1, 0.15) is 0 Å². The van der Waals surface area contributed by atoms with Gasteiger partial charge >= 0.3 is 0 Å². The highest BCUT2D eigenvalue weighted by Gasteiger charge is 2.18. The molecular weight excluding hydrogens is 338 g/mol. The zero-order valence-corrected chi connectivity index (χ0v) is 16.6. The summed E-state index contributed by atoms with van der Waals surface area (Å²) in [5.74, 6) is 0.614. The van der Waals surface area contributed by atoms with Crippen molar-refractivity contribution in [1.82, 2.24) is 0 Å². The number of fused-ring (bicyclic) bond motifs is 2. The highest BCUT2D eigenvalue weighted by atomic mass is 15.1. The number of allylic oxidation sites excluding steroid dienone is 5. The molecule has 5 rings (SSSR count). The Morgan fingerprint density at radius 3 is 1.93 bits per heavy atom. The van der Waals surface area contributed by atoms with Gasteiger partial charge in [0.15, 0.2) is 0 Å². The topological polar surface area (TPSA) is 3.24 Å². The maximum atomic E-state index is 2.42. The predicted octanol–water partition coefficient (Wildman–Crippen LogP) is 7.22. The van der Waals surface area contributed by atoms with Gasteiger partial charge in [0, 0.05) is 17.1 Å². The molecule has 0 N–H and O–H groups in total. The molecular formula is C27H27N. The summed E-state index contributed by atoms with van der Waals surface area (Å²) in [6.45, 7) is 2.28. The zero-order chi connectivity index (χ0) is 18.9. The Hall–Kier alpha value is -2.80. The molecule has 1 heteroatoms. The smallest absolute Gasteiger partial charge is 0.0467 e. The minimum absolute atomic E-state index is 0.614. The van der Waals surface area contributed by atoms with E-state index in [0.29, 0.717) is 5.92 Å². The van der Waals surface area contributed by atoms with Crippen LogP contribution < -0.4 is 4.90 Å². The van der Waals surface area contributed by atoms with E-state index in [1.54, 1.807) is 0 Å². The molecule has 0 spiro atoms. The number of anilines is 2. The molecule has 3 aliphatic carbocycles. The van der Waals surface area contributed by atoms with Crippen LogP contribution in [0.5, 0.6) is 0 Å². The molecule has 0 radical (unpaired) electrons. The van der Waals surface area contributed by atoms with Gasteiger partial charge in [-0.2, -0.15) is 0 Å². The quantitative estimate of drug-likeness (QED) is 0.555. The molecule has 3 aliphatic rings. The first kappa shape index (κ1) is 17.3. The predicted molar refractivity (Wildman–Crippen MR) is 121 cm³/mol. The van der Waals surface area contributed by atoms with E-state index in [1.807, 2.05) is 0 Å². The SMILES string of the molecule is CC1C=CC(N(c2ccc3c(c2)C=CCC3)c2ccc3c(c2)C=CCC3)=CC1. The van der Waals surface area contributed by atoms with Crippen molar-refractivity contribution >= 4 is 23.5 Å². The molecule has 1 nitrogen and oxygen atoms in total. The largest absolute Gasteiger partial charge is 0.311 e. The molecule has 0 aliphatic heterocycles. The first-order valence-electron chi connectivity index (χ1n) is 10.6. The Kier molecular flexibility index (Phi) is 4.52. The van der Waals surface area contributed by atoms with Gasteiger partial charge in [-0.3, -0.25) is 0 Å². The minimum atomic E-state index is 0.614. The van der Waals surface area contributed by atoms with Crippen molar-refractivity contribution in [2.24, 2.45) is 5.92 Å². The Morgan fingerprint density at radius 2 is 1.39 bits per heavy atom. The van der Waals surface area contributed by atoms with Crippen molar-refractivity contribution in [1.29, 1.82) is 0 Å². The van der Waals surface area contributed by atoms with E-state index in [-0.39, 0.29) is 0 Å². The third-order valence-electron chi connectivity index (χ3n) is 6.08. The average molecular weight is 366 g/mol. The molecule has 140 valence electrons. The maximum Gasteiger partial charge on any atom is 0.0467 e. The lowest BCUT2D eigenvalue weighted by Gasteiger charge is -2.30. The summed E-state index contributed by atoms with van der Waals surface area (Å²) in [5.41, 5.74) is 9.41. The fourth-order valence-corrected chi connectivity index (χ4v) is 4.44. The van der Waals surface area contributed by atoms with Crippen LogP contribution in [0.4, 0.5) is 11.4 Å². The Labute approximate surface area is 168 Å². The van der Waals surface area contributed by atoms with Crippen molar-refractivity contribution in [3.63, 3.8) is 0 Å². The summed E-state index contributed by atoms with van der Waals surface area (Å²) in [6, 6.07) is 13.9. The molecule has 0 heterocycles. The van der Waals surface area contributed by atoms with Gasteiger partial charge in [-0.25, -0.2) is 0 Å². The second kappa shape index (κ2) is 7.31. The summed E-state index contributed by atoms with van der Waals surface area (Å²) in [5, 5.41) is 0. The van der Waals surface area contributed by atoms with Gasteiger partial charge < -0.3 is 4.90 Å². The Morgan fingerprint density at radius 1 is 0.786 bits per heavy atom. The van der Waals surface area contributed by atoms with Gasteiger partial charge in [0.2, 0.25) is 0 Å². The van der Waals surface area contributed by atoms with Crippen LogP contribution in [0.2, 0.25) is 0 Å². The van der Waals surface area contributed by atoms with Crippen molar-refractivity contribution < 1.29 is 0 Å². The summed E-state index contributed by atoms with van der Waals surface area (Å²) in [4.78, 5) is 2.42. The molecule has 1 unspecified atom stereocenters. The van der Waals surface area contributed by atoms with Gasteiger partial charge in [0.25, 0.3) is 0 Å². The maximum absolute atomic E-state index is 2.42. The normalized spacial score (nSPS) is 19.8. The summed E-state index contributed by atoms with van der Waals surface area (Å²) in [7, 11) is 0. The van der Waals surface area contributed by atoms with E-state index in [9.17, 15) is 0 Å². The van der Waals surface area contributed by atoms with E-state index in [0.717, 1.165) is 32.1 Å². The molecule has 0 saturated heterocycles. The number of rotatable bonds is 3. The monoisotopic (exact) mass is 365 g/mol. The van der Waals surface area contributed by atoms with Crippen LogP contribution in [0.25, 0.3) is 12.2 Å². The van der Waals surface area contributed by atoms with Crippen LogP contribution in [-0.4, -0.2) is 0 Å². The number of benzene rings is 2. The van der Waals surface area contributed by atoms with Crippen molar-refractivity contribution in [2.45, 2.75) is 39.0 Å². The van der Waals surface area contributed by atoms with E-state index in [2.05, 4.69) is 90.8 Å². The van der Waals surface area contributed by atoms with E-state index in [1.165, 1.54) is 39.3 Å². The van der Waals surface area contributed by atoms with E-state index >= 15 is 0 Å². The Balaban J connectivity index is 1.61. The molecule has 2 aromatic rings. The van der Waals surface area contributed by atoms with Gasteiger partial charge in [0.05, 0.1) is 0 Å². The minimum Gasteiger partial charge on any atom is -0.311 e. The number of aryl methyl sites for hydroxylation is 2. The van der Waals surface area contributed by atoms with Crippen LogP contribution >= 0.6 is 0 Å². The first-order valence-corrected chi connectivity index (χ1v) is 10.6. The number of hydrogen-bond acceptors (Lipinski definition) is 1. The van der Waals surface area contributed by atoms with Crippen LogP contribution in [0.1, 0.15) is 48.4 Å². The summed E-state index contributed by atoms with van der Waals surface area (Å²) in [6.07, 6.45) is 21.9. The van der Waals surface area contributed by atoms with Crippen LogP contribution in [-0.2, 0) is 12.8 Å². The lowest BCUT2D eigenvalue weighted by atomic mass is 9.94. The zero-order valence-electron chi connectivity index (χ0n) is 16.6. The van der Waals surface area contributed by atoms with Crippen molar-refractivity contribution in [2.75, 3.05) is 4.90 Å². The summed E-state index contributed by atoms with van der Waals surface area (Å²) < 4.78 is 0. The number of nitrogens with zero attached hydrogens (tertiary/aromatic N) is 1. The fourth-order valence-electron chi connectivity index (χ4n) is 4.44. The van der Waals surface area contributed by atoms with Crippen LogP contribution in [0.3, 0.4) is 0 Å². The highest BCUT2D eigenvalue weighted by molar-refractivity contribution is 5.76. The molecule has 2 aromatic carbocycles.